The molecule has 1 aliphatic heterocycles. The van der Waals surface area contributed by atoms with E-state index in [0.29, 0.717) is 6.42 Å². The lowest BCUT2D eigenvalue weighted by Crippen LogP contribution is -2.60. The Morgan fingerprint density at radius 3 is 2.14 bits per heavy atom. The summed E-state index contributed by atoms with van der Waals surface area (Å²) in [6, 6.07) is 0. The summed E-state index contributed by atoms with van der Waals surface area (Å²) in [6.45, 7) is 4.48. The monoisotopic (exact) mass is 328 g/mol. The highest BCUT2D eigenvalue weighted by atomic mass is 35.5. The van der Waals surface area contributed by atoms with E-state index in [0.717, 1.165) is 50.6 Å². The van der Waals surface area contributed by atoms with Gasteiger partial charge in [0.25, 0.3) is 0 Å². The highest BCUT2D eigenvalue weighted by Gasteiger charge is 2.51. The molecule has 5 aliphatic rings. The van der Waals surface area contributed by atoms with Crippen molar-refractivity contribution >= 4 is 18.3 Å². The maximum atomic E-state index is 12.4. The zero-order chi connectivity index (χ0) is 14.3. The number of hydrogen-bond donors (Lipinski definition) is 1. The lowest BCUT2D eigenvalue weighted by atomic mass is 9.53. The number of halogens is 1. The molecule has 5 fully saturated rings. The van der Waals surface area contributed by atoms with Gasteiger partial charge in [0.2, 0.25) is 5.91 Å². The fraction of sp³-hybridized carbons (Fsp3) is 0.941. The topological polar surface area (TPSA) is 41.6 Å². The minimum atomic E-state index is 0. The molecule has 126 valence electrons. The van der Waals surface area contributed by atoms with Crippen molar-refractivity contribution in [3.8, 4) is 0 Å². The van der Waals surface area contributed by atoms with E-state index >= 15 is 0 Å². The van der Waals surface area contributed by atoms with Crippen molar-refractivity contribution in [3.05, 3.63) is 0 Å². The molecule has 1 amide bonds. The molecule has 4 saturated carbocycles. The molecular formula is C17H29ClN2O2. The summed E-state index contributed by atoms with van der Waals surface area (Å²) in [4.78, 5) is 14.8. The number of amides is 1. The van der Waals surface area contributed by atoms with Gasteiger partial charge in [-0.2, -0.15) is 0 Å². The van der Waals surface area contributed by atoms with E-state index in [9.17, 15) is 4.79 Å². The zero-order valence-corrected chi connectivity index (χ0v) is 14.2. The molecule has 4 aliphatic carbocycles. The molecule has 5 heteroatoms. The second-order valence-electron chi connectivity index (χ2n) is 7.95. The van der Waals surface area contributed by atoms with E-state index in [2.05, 4.69) is 10.2 Å². The van der Waals surface area contributed by atoms with Crippen molar-refractivity contribution in [1.82, 2.24) is 10.2 Å². The van der Waals surface area contributed by atoms with Gasteiger partial charge in [0.15, 0.2) is 0 Å². The fourth-order valence-corrected chi connectivity index (χ4v) is 5.71. The van der Waals surface area contributed by atoms with Gasteiger partial charge in [-0.1, -0.05) is 0 Å². The van der Waals surface area contributed by atoms with Crippen LogP contribution in [0.5, 0.6) is 0 Å². The average molecular weight is 329 g/mol. The van der Waals surface area contributed by atoms with Gasteiger partial charge >= 0.3 is 0 Å². The second-order valence-corrected chi connectivity index (χ2v) is 7.95. The molecule has 4 nitrogen and oxygen atoms in total. The van der Waals surface area contributed by atoms with Crippen LogP contribution in [0.4, 0.5) is 0 Å². The number of rotatable bonds is 4. The Bertz CT molecular complexity index is 374. The minimum Gasteiger partial charge on any atom is -0.379 e. The van der Waals surface area contributed by atoms with Crippen LogP contribution in [0.1, 0.15) is 44.9 Å². The molecule has 4 bridgehead atoms. The molecule has 0 spiro atoms. The minimum absolute atomic E-state index is 0. The summed E-state index contributed by atoms with van der Waals surface area (Å²) in [5.41, 5.74) is 0.177. The van der Waals surface area contributed by atoms with E-state index in [4.69, 9.17) is 4.74 Å². The highest BCUT2D eigenvalue weighted by Crippen LogP contribution is 2.55. The van der Waals surface area contributed by atoms with Crippen LogP contribution in [0.2, 0.25) is 0 Å². The molecule has 0 aromatic rings. The van der Waals surface area contributed by atoms with Crippen LogP contribution >= 0.6 is 12.4 Å². The van der Waals surface area contributed by atoms with Crippen LogP contribution in [-0.4, -0.2) is 49.2 Å². The zero-order valence-electron chi connectivity index (χ0n) is 13.4. The first-order valence-electron chi connectivity index (χ1n) is 8.82. The lowest BCUT2D eigenvalue weighted by Gasteiger charge is -2.57. The number of ether oxygens (including phenoxy) is 1. The molecule has 22 heavy (non-hydrogen) atoms. The Kier molecular flexibility index (Phi) is 5.01. The van der Waals surface area contributed by atoms with Gasteiger partial charge in [-0.05, 0) is 56.3 Å². The van der Waals surface area contributed by atoms with Crippen molar-refractivity contribution in [2.24, 2.45) is 17.8 Å². The summed E-state index contributed by atoms with van der Waals surface area (Å²) in [5, 5.41) is 3.47. The first-order chi connectivity index (χ1) is 10.2. The molecule has 5 rings (SSSR count). The first-order valence-corrected chi connectivity index (χ1v) is 8.82. The Morgan fingerprint density at radius 2 is 1.59 bits per heavy atom. The van der Waals surface area contributed by atoms with Crippen molar-refractivity contribution in [1.29, 1.82) is 0 Å². The van der Waals surface area contributed by atoms with Gasteiger partial charge in [-0.15, -0.1) is 12.4 Å². The van der Waals surface area contributed by atoms with E-state index in [-0.39, 0.29) is 23.9 Å². The van der Waals surface area contributed by atoms with E-state index < -0.39 is 0 Å². The van der Waals surface area contributed by atoms with Crippen LogP contribution in [-0.2, 0) is 9.53 Å². The molecule has 0 aromatic carbocycles. The summed E-state index contributed by atoms with van der Waals surface area (Å²) in [7, 11) is 0. The van der Waals surface area contributed by atoms with Crippen molar-refractivity contribution in [3.63, 3.8) is 0 Å². The van der Waals surface area contributed by atoms with Crippen LogP contribution in [0.25, 0.3) is 0 Å². The third-order valence-corrected chi connectivity index (χ3v) is 6.20. The second kappa shape index (κ2) is 6.66. The van der Waals surface area contributed by atoms with E-state index in [1.807, 2.05) is 0 Å². The molecule has 1 heterocycles. The summed E-state index contributed by atoms with van der Waals surface area (Å²) < 4.78 is 5.36. The number of nitrogens with zero attached hydrogens (tertiary/aromatic N) is 1. The van der Waals surface area contributed by atoms with Crippen molar-refractivity contribution in [2.75, 3.05) is 32.8 Å². The van der Waals surface area contributed by atoms with Crippen LogP contribution in [0.3, 0.4) is 0 Å². The maximum Gasteiger partial charge on any atom is 0.221 e. The summed E-state index contributed by atoms with van der Waals surface area (Å²) >= 11 is 0. The predicted octanol–water partition coefficient (Wildman–Crippen LogP) is 2.22. The Labute approximate surface area is 139 Å². The molecule has 0 unspecified atom stereocenters. The number of hydrogen-bond acceptors (Lipinski definition) is 3. The van der Waals surface area contributed by atoms with Crippen LogP contribution < -0.4 is 5.32 Å². The van der Waals surface area contributed by atoms with E-state index in [1.54, 1.807) is 0 Å². The van der Waals surface area contributed by atoms with Gasteiger partial charge in [0.05, 0.1) is 13.2 Å². The summed E-state index contributed by atoms with van der Waals surface area (Å²) in [5.74, 6) is 2.98. The molecule has 0 radical (unpaired) electrons. The first kappa shape index (κ1) is 16.5. The Balaban J connectivity index is 0.00000144. The molecular weight excluding hydrogens is 300 g/mol. The predicted molar refractivity (Wildman–Crippen MR) is 88.2 cm³/mol. The van der Waals surface area contributed by atoms with Crippen LogP contribution in [0.15, 0.2) is 0 Å². The smallest absolute Gasteiger partial charge is 0.221 e. The lowest BCUT2D eigenvalue weighted by molar-refractivity contribution is -0.127. The number of morpholine rings is 1. The van der Waals surface area contributed by atoms with Crippen molar-refractivity contribution < 1.29 is 9.53 Å². The van der Waals surface area contributed by atoms with Gasteiger partial charge in [0, 0.05) is 31.6 Å². The van der Waals surface area contributed by atoms with Gasteiger partial charge in [-0.3, -0.25) is 9.69 Å². The van der Waals surface area contributed by atoms with Gasteiger partial charge in [0.1, 0.15) is 0 Å². The van der Waals surface area contributed by atoms with Gasteiger partial charge < -0.3 is 10.1 Å². The number of carbonyl (C=O) groups is 1. The van der Waals surface area contributed by atoms with Gasteiger partial charge in [-0.25, -0.2) is 0 Å². The number of nitrogens with one attached hydrogen (secondary N) is 1. The van der Waals surface area contributed by atoms with E-state index in [1.165, 1.54) is 38.5 Å². The normalized spacial score (nSPS) is 40.3. The highest BCUT2D eigenvalue weighted by molar-refractivity contribution is 5.85. The Hall–Kier alpha value is -0.320. The standard InChI is InChI=1S/C17H28N2O2.ClH/c20-16(1-2-19-3-5-21-6-4-19)18-17-10-13-7-14(11-17)9-15(8-13)12-17;/h13-15H,1-12H2,(H,18,20);1H. The maximum absolute atomic E-state index is 12.4. The molecule has 0 atom stereocenters. The molecule has 0 aromatic heterocycles. The Morgan fingerprint density at radius 1 is 1.05 bits per heavy atom. The average Bonchev–Trinajstić information content (AvgIpc) is 2.44. The molecule has 1 N–H and O–H groups in total. The SMILES string of the molecule is Cl.O=C(CCN1CCOCC1)NC12CC3CC(CC(C3)C1)C2. The summed E-state index contributed by atoms with van der Waals surface area (Å²) in [6.07, 6.45) is 8.71. The largest absolute Gasteiger partial charge is 0.379 e. The number of carbonyl (C=O) groups excluding carboxylic acids is 1. The quantitative estimate of drug-likeness (QED) is 0.860. The fourth-order valence-electron chi connectivity index (χ4n) is 5.71. The molecule has 1 saturated heterocycles. The van der Waals surface area contributed by atoms with Crippen molar-refractivity contribution in [2.45, 2.75) is 50.5 Å². The third kappa shape index (κ3) is 3.44. The van der Waals surface area contributed by atoms with Crippen LogP contribution in [0, 0.1) is 17.8 Å². The third-order valence-electron chi connectivity index (χ3n) is 6.20.